The standard InChI is InChI=1S/C25H30ClN3O3/c1-27-11-13-28(14-12-27)10-3-2-7-22(30)16-19-5-4-6-20(15-19)18-29-23-9-8-21(26)17-24(23)32-25(29)31/h4-6,8-9,15,17H,2-3,7,10-14,16,18H2,1H3. The van der Waals surface area contributed by atoms with Crippen LogP contribution in [0, 0.1) is 0 Å². The average molecular weight is 456 g/mol. The first-order valence-electron chi connectivity index (χ1n) is 11.3. The predicted molar refractivity (Wildman–Crippen MR) is 128 cm³/mol. The van der Waals surface area contributed by atoms with E-state index in [9.17, 15) is 9.59 Å². The second-order valence-electron chi connectivity index (χ2n) is 8.70. The molecule has 1 fully saturated rings. The number of rotatable bonds is 9. The molecule has 32 heavy (non-hydrogen) atoms. The summed E-state index contributed by atoms with van der Waals surface area (Å²) in [5, 5.41) is 0.530. The zero-order chi connectivity index (χ0) is 22.5. The zero-order valence-corrected chi connectivity index (χ0v) is 19.3. The van der Waals surface area contributed by atoms with Crippen molar-refractivity contribution in [1.29, 1.82) is 0 Å². The molecule has 0 amide bonds. The summed E-state index contributed by atoms with van der Waals surface area (Å²) in [6, 6.07) is 13.1. The summed E-state index contributed by atoms with van der Waals surface area (Å²) in [5.74, 6) is -0.148. The molecule has 0 bridgehead atoms. The summed E-state index contributed by atoms with van der Waals surface area (Å²) in [7, 11) is 2.16. The molecule has 6 nitrogen and oxygen atoms in total. The number of hydrogen-bond donors (Lipinski definition) is 0. The quantitative estimate of drug-likeness (QED) is 0.459. The van der Waals surface area contributed by atoms with Gasteiger partial charge in [0.25, 0.3) is 0 Å². The summed E-state index contributed by atoms with van der Waals surface area (Å²) in [4.78, 5) is 29.6. The van der Waals surface area contributed by atoms with E-state index in [0.29, 0.717) is 35.5 Å². The molecular weight excluding hydrogens is 426 g/mol. The number of carbonyl (C=O) groups is 1. The largest absolute Gasteiger partial charge is 0.420 e. The molecule has 1 aromatic heterocycles. The molecule has 3 aromatic rings. The molecule has 170 valence electrons. The van der Waals surface area contributed by atoms with E-state index in [4.69, 9.17) is 16.0 Å². The number of nitrogens with zero attached hydrogens (tertiary/aromatic N) is 3. The number of likely N-dealkylation sites (N-methyl/N-ethyl adjacent to an activating group) is 1. The van der Waals surface area contributed by atoms with Gasteiger partial charge < -0.3 is 14.2 Å². The Kier molecular flexibility index (Phi) is 7.45. The highest BCUT2D eigenvalue weighted by Crippen LogP contribution is 2.19. The van der Waals surface area contributed by atoms with Crippen LogP contribution in [0.5, 0.6) is 0 Å². The van der Waals surface area contributed by atoms with Crippen LogP contribution in [0.25, 0.3) is 11.1 Å². The second kappa shape index (κ2) is 10.5. The lowest BCUT2D eigenvalue weighted by atomic mass is 10.0. The van der Waals surface area contributed by atoms with Crippen LogP contribution in [0.3, 0.4) is 0 Å². The van der Waals surface area contributed by atoms with Gasteiger partial charge in [-0.1, -0.05) is 35.9 Å². The highest BCUT2D eigenvalue weighted by Gasteiger charge is 2.14. The first-order chi connectivity index (χ1) is 15.5. The monoisotopic (exact) mass is 455 g/mol. The number of halogens is 1. The minimum Gasteiger partial charge on any atom is -0.408 e. The van der Waals surface area contributed by atoms with E-state index in [-0.39, 0.29) is 5.78 Å². The Labute approximate surface area is 193 Å². The fraction of sp³-hybridized carbons (Fsp3) is 0.440. The van der Waals surface area contributed by atoms with Crippen molar-refractivity contribution in [2.75, 3.05) is 39.8 Å². The molecule has 0 N–H and O–H groups in total. The minimum atomic E-state index is -0.413. The van der Waals surface area contributed by atoms with Crippen LogP contribution in [0.4, 0.5) is 0 Å². The third-order valence-corrected chi connectivity index (χ3v) is 6.37. The number of fused-ring (bicyclic) bond motifs is 1. The molecule has 0 atom stereocenters. The van der Waals surface area contributed by atoms with Gasteiger partial charge in [-0.25, -0.2) is 4.79 Å². The maximum Gasteiger partial charge on any atom is 0.420 e. The van der Waals surface area contributed by atoms with E-state index < -0.39 is 5.76 Å². The number of carbonyl (C=O) groups excluding carboxylic acids is 1. The Bertz CT molecular complexity index is 1130. The highest BCUT2D eigenvalue weighted by molar-refractivity contribution is 6.31. The number of benzene rings is 2. The van der Waals surface area contributed by atoms with Crippen molar-refractivity contribution in [2.24, 2.45) is 0 Å². The number of piperazine rings is 1. The fourth-order valence-electron chi connectivity index (χ4n) is 4.26. The summed E-state index contributed by atoms with van der Waals surface area (Å²) in [6.07, 6.45) is 3.05. The summed E-state index contributed by atoms with van der Waals surface area (Å²) >= 11 is 5.99. The Morgan fingerprint density at radius 3 is 2.62 bits per heavy atom. The van der Waals surface area contributed by atoms with Gasteiger partial charge in [-0.2, -0.15) is 0 Å². The van der Waals surface area contributed by atoms with Gasteiger partial charge in [0.05, 0.1) is 12.1 Å². The second-order valence-corrected chi connectivity index (χ2v) is 9.14. The maximum atomic E-state index is 12.5. The Balaban J connectivity index is 1.29. The van der Waals surface area contributed by atoms with Gasteiger partial charge in [-0.05, 0) is 49.7 Å². The number of oxazole rings is 1. The van der Waals surface area contributed by atoms with E-state index in [1.165, 1.54) is 0 Å². The van der Waals surface area contributed by atoms with Crippen LogP contribution in [0.2, 0.25) is 5.02 Å². The smallest absolute Gasteiger partial charge is 0.408 e. The summed E-state index contributed by atoms with van der Waals surface area (Å²) < 4.78 is 6.90. The number of ketones is 1. The first kappa shape index (κ1) is 22.8. The highest BCUT2D eigenvalue weighted by atomic mass is 35.5. The van der Waals surface area contributed by atoms with Crippen molar-refractivity contribution in [3.05, 3.63) is 69.2 Å². The van der Waals surface area contributed by atoms with Crippen molar-refractivity contribution < 1.29 is 9.21 Å². The van der Waals surface area contributed by atoms with E-state index in [1.54, 1.807) is 22.8 Å². The lowest BCUT2D eigenvalue weighted by Gasteiger charge is -2.32. The van der Waals surface area contributed by atoms with E-state index in [2.05, 4.69) is 16.8 Å². The van der Waals surface area contributed by atoms with Gasteiger partial charge in [0.15, 0.2) is 5.58 Å². The lowest BCUT2D eigenvalue weighted by Crippen LogP contribution is -2.44. The molecule has 1 saturated heterocycles. The van der Waals surface area contributed by atoms with Gasteiger partial charge in [-0.3, -0.25) is 9.36 Å². The van der Waals surface area contributed by atoms with Crippen LogP contribution in [-0.2, 0) is 17.8 Å². The van der Waals surface area contributed by atoms with Crippen LogP contribution in [0.15, 0.2) is 51.7 Å². The summed E-state index contributed by atoms with van der Waals surface area (Å²) in [6.45, 7) is 5.97. The van der Waals surface area contributed by atoms with Crippen molar-refractivity contribution in [3.8, 4) is 0 Å². The van der Waals surface area contributed by atoms with E-state index >= 15 is 0 Å². The predicted octanol–water partition coefficient (Wildman–Crippen LogP) is 3.83. The Hall–Kier alpha value is -2.41. The van der Waals surface area contributed by atoms with Gasteiger partial charge in [0.2, 0.25) is 0 Å². The van der Waals surface area contributed by atoms with Gasteiger partial charge in [0, 0.05) is 50.1 Å². The van der Waals surface area contributed by atoms with Crippen molar-refractivity contribution in [3.63, 3.8) is 0 Å². The van der Waals surface area contributed by atoms with Gasteiger partial charge in [-0.15, -0.1) is 0 Å². The molecule has 0 spiro atoms. The van der Waals surface area contributed by atoms with Crippen LogP contribution < -0.4 is 5.76 Å². The molecule has 2 heterocycles. The van der Waals surface area contributed by atoms with Gasteiger partial charge in [0.1, 0.15) is 5.78 Å². The van der Waals surface area contributed by atoms with Crippen molar-refractivity contribution >= 4 is 28.5 Å². The van der Waals surface area contributed by atoms with Crippen LogP contribution in [-0.4, -0.2) is 59.9 Å². The normalized spacial score (nSPS) is 15.4. The number of aromatic nitrogens is 1. The zero-order valence-electron chi connectivity index (χ0n) is 18.6. The number of unbranched alkanes of at least 4 members (excludes halogenated alkanes) is 1. The number of Topliss-reactive ketones (excluding diaryl/α,β-unsaturated/α-hetero) is 1. The fourth-order valence-corrected chi connectivity index (χ4v) is 4.42. The molecule has 0 radical (unpaired) electrons. The van der Waals surface area contributed by atoms with Crippen molar-refractivity contribution in [2.45, 2.75) is 32.2 Å². The lowest BCUT2D eigenvalue weighted by molar-refractivity contribution is -0.118. The van der Waals surface area contributed by atoms with Gasteiger partial charge >= 0.3 is 5.76 Å². The molecule has 0 unspecified atom stereocenters. The molecule has 2 aromatic carbocycles. The van der Waals surface area contributed by atoms with Crippen molar-refractivity contribution in [1.82, 2.24) is 14.4 Å². The molecule has 7 heteroatoms. The first-order valence-corrected chi connectivity index (χ1v) is 11.6. The third-order valence-electron chi connectivity index (χ3n) is 6.14. The van der Waals surface area contributed by atoms with E-state index in [1.807, 2.05) is 24.3 Å². The average Bonchev–Trinajstić information content (AvgIpc) is 3.07. The Morgan fingerprint density at radius 2 is 1.81 bits per heavy atom. The SMILES string of the molecule is CN1CCN(CCCCC(=O)Cc2cccc(Cn3c(=O)oc4cc(Cl)ccc43)c2)CC1. The van der Waals surface area contributed by atoms with Crippen LogP contribution >= 0.6 is 11.6 Å². The molecule has 1 aliphatic rings. The molecule has 0 aliphatic carbocycles. The molecule has 4 rings (SSSR count). The minimum absolute atomic E-state index is 0.265. The Morgan fingerprint density at radius 1 is 1.03 bits per heavy atom. The molecule has 0 saturated carbocycles. The molecule has 1 aliphatic heterocycles. The van der Waals surface area contributed by atoms with Crippen LogP contribution in [0.1, 0.15) is 30.4 Å². The number of hydrogen-bond acceptors (Lipinski definition) is 5. The third kappa shape index (κ3) is 5.88. The summed E-state index contributed by atoms with van der Waals surface area (Å²) in [5.41, 5.74) is 3.13. The molecular formula is C25H30ClN3O3. The maximum absolute atomic E-state index is 12.5. The topological polar surface area (TPSA) is 58.7 Å². The van der Waals surface area contributed by atoms with E-state index in [0.717, 1.165) is 56.7 Å².